The number of benzene rings is 1. The van der Waals surface area contributed by atoms with Crippen LogP contribution in [0, 0.1) is 0 Å². The summed E-state index contributed by atoms with van der Waals surface area (Å²) in [5.74, 6) is -0.711. The van der Waals surface area contributed by atoms with Crippen molar-refractivity contribution in [2.45, 2.75) is 38.1 Å². The molecule has 1 heterocycles. The average Bonchev–Trinajstić information content (AvgIpc) is 2.82. The van der Waals surface area contributed by atoms with E-state index in [1.165, 1.54) is 18.4 Å². The highest BCUT2D eigenvalue weighted by Crippen LogP contribution is 2.42. The van der Waals surface area contributed by atoms with Gasteiger partial charge in [-0.05, 0) is 48.5 Å². The van der Waals surface area contributed by atoms with Crippen molar-refractivity contribution in [2.75, 3.05) is 25.0 Å². The maximum absolute atomic E-state index is 10.6. The van der Waals surface area contributed by atoms with E-state index in [2.05, 4.69) is 70.2 Å². The number of hydrogen-bond acceptors (Lipinski definition) is 5. The number of para-hydroxylation sites is 1. The molecule has 0 bridgehead atoms. The van der Waals surface area contributed by atoms with Crippen molar-refractivity contribution in [2.24, 2.45) is 0 Å². The quantitative estimate of drug-likeness (QED) is 0.352. The lowest BCUT2D eigenvalue weighted by atomic mass is 9.96. The molecule has 1 atom stereocenters. The third-order valence-corrected chi connectivity index (χ3v) is 5.56. The van der Waals surface area contributed by atoms with Crippen LogP contribution in [0.4, 0.5) is 5.69 Å². The van der Waals surface area contributed by atoms with Gasteiger partial charge in [-0.2, -0.15) is 0 Å². The number of carbonyl (C=O) groups is 1. The summed E-state index contributed by atoms with van der Waals surface area (Å²) in [4.78, 5) is 11.7. The zero-order valence-electron chi connectivity index (χ0n) is 17.2. The Morgan fingerprint density at radius 2 is 1.93 bits per heavy atom. The van der Waals surface area contributed by atoms with Gasteiger partial charge in [-0.1, -0.05) is 56.4 Å². The normalized spacial score (nSPS) is 15.7. The molecule has 1 unspecified atom stereocenters. The second-order valence-corrected chi connectivity index (χ2v) is 7.95. The van der Waals surface area contributed by atoms with E-state index in [1.54, 1.807) is 11.9 Å². The smallest absolute Gasteiger partial charge is 0.303 e. The standard InChI is InChI=1S/C21H28N2O2S.CH3ClO/c1-4-16-19(5-2)26-23(3)18-13-10-9-12-17(18)21(16)22-15-11-7-6-8-14-20(24)25;1-3-2/h4-5,9-10,12-13,21-22H,1-2,6-8,11,14-15H2,3H3,(H,24,25);1H3. The summed E-state index contributed by atoms with van der Waals surface area (Å²) in [6, 6.07) is 8.50. The molecule has 1 aliphatic heterocycles. The number of unbranched alkanes of at least 4 members (excludes halogenated alkanes) is 3. The van der Waals surface area contributed by atoms with Crippen LogP contribution in [0.1, 0.15) is 43.7 Å². The maximum atomic E-state index is 10.6. The first-order valence-electron chi connectivity index (χ1n) is 9.59. The highest BCUT2D eigenvalue weighted by molar-refractivity contribution is 8.04. The van der Waals surface area contributed by atoms with Gasteiger partial charge in [-0.3, -0.25) is 9.08 Å². The molecule has 1 aliphatic rings. The monoisotopic (exact) mass is 438 g/mol. The van der Waals surface area contributed by atoms with E-state index in [0.717, 1.165) is 42.7 Å². The van der Waals surface area contributed by atoms with Gasteiger partial charge in [0.1, 0.15) is 0 Å². The lowest BCUT2D eigenvalue weighted by Crippen LogP contribution is -2.24. The molecular weight excluding hydrogens is 408 g/mol. The van der Waals surface area contributed by atoms with Gasteiger partial charge in [0.2, 0.25) is 0 Å². The average molecular weight is 439 g/mol. The molecule has 0 aliphatic carbocycles. The first kappa shape index (κ1) is 25.3. The number of nitrogens with zero attached hydrogens (tertiary/aromatic N) is 1. The SMILES string of the molecule is C=CC1=C(C=C)C(NCCCCCCC(=O)O)c2ccccc2N(C)S1.COCl. The van der Waals surface area contributed by atoms with E-state index >= 15 is 0 Å². The number of fused-ring (bicyclic) bond motifs is 1. The number of carboxylic acids is 1. The van der Waals surface area contributed by atoms with Crippen molar-refractivity contribution in [1.29, 1.82) is 0 Å². The van der Waals surface area contributed by atoms with E-state index in [-0.39, 0.29) is 12.5 Å². The molecule has 0 aromatic heterocycles. The topological polar surface area (TPSA) is 61.8 Å². The van der Waals surface area contributed by atoms with Crippen LogP contribution >= 0.6 is 23.8 Å². The first-order chi connectivity index (χ1) is 14.0. The second kappa shape index (κ2) is 14.3. The molecule has 160 valence electrons. The molecule has 5 nitrogen and oxygen atoms in total. The van der Waals surface area contributed by atoms with Gasteiger partial charge < -0.3 is 14.7 Å². The number of aliphatic carboxylic acids is 1. The summed E-state index contributed by atoms with van der Waals surface area (Å²) >= 11 is 6.17. The number of hydrogen-bond donors (Lipinski definition) is 2. The molecular formula is C22H31ClN2O3S. The molecule has 7 heteroatoms. The van der Waals surface area contributed by atoms with Crippen LogP contribution in [0.25, 0.3) is 0 Å². The van der Waals surface area contributed by atoms with E-state index in [9.17, 15) is 4.79 Å². The number of carboxylic acid groups (broad SMARTS) is 1. The van der Waals surface area contributed by atoms with E-state index in [0.29, 0.717) is 0 Å². The Morgan fingerprint density at radius 3 is 2.55 bits per heavy atom. The molecule has 29 heavy (non-hydrogen) atoms. The minimum absolute atomic E-state index is 0.0770. The maximum Gasteiger partial charge on any atom is 0.303 e. The molecule has 2 rings (SSSR count). The lowest BCUT2D eigenvalue weighted by Gasteiger charge is -2.23. The van der Waals surface area contributed by atoms with Crippen molar-refractivity contribution < 1.29 is 14.2 Å². The predicted octanol–water partition coefficient (Wildman–Crippen LogP) is 5.86. The summed E-state index contributed by atoms with van der Waals surface area (Å²) in [6.45, 7) is 8.87. The summed E-state index contributed by atoms with van der Waals surface area (Å²) in [6.07, 6.45) is 7.84. The van der Waals surface area contributed by atoms with Crippen LogP contribution in [0.3, 0.4) is 0 Å². The van der Waals surface area contributed by atoms with Gasteiger partial charge in [-0.15, -0.1) is 0 Å². The van der Waals surface area contributed by atoms with Gasteiger partial charge in [0.15, 0.2) is 0 Å². The number of halogens is 1. The van der Waals surface area contributed by atoms with Gasteiger partial charge in [0.05, 0.1) is 30.7 Å². The molecule has 0 saturated carbocycles. The number of rotatable bonds is 10. The van der Waals surface area contributed by atoms with Crippen LogP contribution in [0.2, 0.25) is 0 Å². The summed E-state index contributed by atoms with van der Waals surface area (Å²) in [5.41, 5.74) is 3.57. The fourth-order valence-electron chi connectivity index (χ4n) is 3.17. The van der Waals surface area contributed by atoms with Crippen LogP contribution < -0.4 is 9.62 Å². The zero-order chi connectivity index (χ0) is 21.6. The van der Waals surface area contributed by atoms with Crippen LogP contribution in [0.5, 0.6) is 0 Å². The molecule has 0 radical (unpaired) electrons. The number of anilines is 1. The van der Waals surface area contributed by atoms with Crippen LogP contribution in [-0.4, -0.2) is 31.8 Å². The Labute approximate surface area is 183 Å². The molecule has 1 aromatic rings. The number of allylic oxidation sites excluding steroid dienone is 1. The minimum atomic E-state index is -0.711. The van der Waals surface area contributed by atoms with E-state index in [4.69, 9.17) is 5.11 Å². The van der Waals surface area contributed by atoms with Gasteiger partial charge in [0.25, 0.3) is 0 Å². The second-order valence-electron chi connectivity index (χ2n) is 6.47. The van der Waals surface area contributed by atoms with Crippen molar-refractivity contribution in [3.05, 3.63) is 65.6 Å². The van der Waals surface area contributed by atoms with Crippen molar-refractivity contribution >= 4 is 35.5 Å². The number of nitrogens with one attached hydrogen (secondary N) is 1. The Kier molecular flexibility index (Phi) is 12.5. The van der Waals surface area contributed by atoms with Crippen molar-refractivity contribution in [3.63, 3.8) is 0 Å². The Morgan fingerprint density at radius 1 is 1.28 bits per heavy atom. The third-order valence-electron chi connectivity index (χ3n) is 4.49. The van der Waals surface area contributed by atoms with Crippen molar-refractivity contribution in [1.82, 2.24) is 5.32 Å². The molecule has 0 spiro atoms. The summed E-state index contributed by atoms with van der Waals surface area (Å²) in [5, 5.41) is 12.4. The molecule has 0 fully saturated rings. The van der Waals surface area contributed by atoms with E-state index in [1.807, 2.05) is 12.2 Å². The fraction of sp³-hybridized carbons (Fsp3) is 0.409. The molecule has 1 aromatic carbocycles. The Hall–Kier alpha value is -1.73. The van der Waals surface area contributed by atoms with Crippen LogP contribution in [-0.2, 0) is 9.08 Å². The van der Waals surface area contributed by atoms with Gasteiger partial charge in [0, 0.05) is 18.4 Å². The largest absolute Gasteiger partial charge is 0.481 e. The van der Waals surface area contributed by atoms with Gasteiger partial charge in [-0.25, -0.2) is 0 Å². The molecule has 0 amide bonds. The van der Waals surface area contributed by atoms with Crippen molar-refractivity contribution in [3.8, 4) is 0 Å². The highest BCUT2D eigenvalue weighted by Gasteiger charge is 2.25. The Balaban J connectivity index is 0.00000132. The highest BCUT2D eigenvalue weighted by atomic mass is 35.5. The van der Waals surface area contributed by atoms with Crippen LogP contribution in [0.15, 0.2) is 60.1 Å². The zero-order valence-corrected chi connectivity index (χ0v) is 18.8. The molecule has 2 N–H and O–H groups in total. The predicted molar refractivity (Wildman–Crippen MR) is 124 cm³/mol. The van der Waals surface area contributed by atoms with E-state index < -0.39 is 5.97 Å². The Bertz CT molecular complexity index is 709. The summed E-state index contributed by atoms with van der Waals surface area (Å²) in [7, 11) is 3.46. The first-order valence-corrected chi connectivity index (χ1v) is 10.7. The fourth-order valence-corrected chi connectivity index (χ4v) is 4.11. The van der Waals surface area contributed by atoms with Gasteiger partial charge >= 0.3 is 5.97 Å². The lowest BCUT2D eigenvalue weighted by molar-refractivity contribution is -0.137. The molecule has 0 saturated heterocycles. The third kappa shape index (κ3) is 8.26. The minimum Gasteiger partial charge on any atom is -0.481 e. The summed E-state index contributed by atoms with van der Waals surface area (Å²) < 4.78 is 5.89.